The fraction of sp³-hybridized carbons (Fsp3) is 0.571. The van der Waals surface area contributed by atoms with Gasteiger partial charge in [0.25, 0.3) is 0 Å². The topological polar surface area (TPSA) is 20.2 Å². The van der Waals surface area contributed by atoms with E-state index in [2.05, 4.69) is 53.7 Å². The zero-order valence-electron chi connectivity index (χ0n) is 10.7. The van der Waals surface area contributed by atoms with E-state index in [-0.39, 0.29) is 5.41 Å². The largest absolute Gasteiger partial charge is 0.388 e. The van der Waals surface area contributed by atoms with Crippen LogP contribution < -0.4 is 0 Å². The molecule has 0 radical (unpaired) electrons. The van der Waals surface area contributed by atoms with Gasteiger partial charge in [-0.25, -0.2) is 0 Å². The molecule has 0 aliphatic heterocycles. The molecule has 0 heterocycles. The van der Waals surface area contributed by atoms with E-state index in [4.69, 9.17) is 0 Å². The van der Waals surface area contributed by atoms with E-state index in [1.54, 1.807) is 0 Å². The number of aliphatic hydroxyl groups excluding tert-OH is 1. The smallest absolute Gasteiger partial charge is 0.0840 e. The van der Waals surface area contributed by atoms with Gasteiger partial charge in [0.05, 0.1) is 6.10 Å². The average Bonchev–Trinajstić information content (AvgIpc) is 2.08. The Bertz CT molecular complexity index is 358. The van der Waals surface area contributed by atoms with Gasteiger partial charge in [-0.3, -0.25) is 0 Å². The highest BCUT2D eigenvalue weighted by Gasteiger charge is 2.25. The van der Waals surface area contributed by atoms with E-state index in [1.165, 1.54) is 16.7 Å². The quantitative estimate of drug-likeness (QED) is 0.743. The first-order valence-corrected chi connectivity index (χ1v) is 5.49. The maximum Gasteiger partial charge on any atom is 0.0840 e. The monoisotopic (exact) mass is 206 g/mol. The van der Waals surface area contributed by atoms with Crippen LogP contribution in [0.3, 0.4) is 0 Å². The third kappa shape index (κ3) is 2.60. The standard InChI is InChI=1S/C14H22O/c1-9-7-11(3)12(8-10(9)2)13(15)14(4,5)6/h7-8,13,15H,1-6H3. The molecule has 0 spiro atoms. The first-order valence-electron chi connectivity index (χ1n) is 5.49. The number of aliphatic hydroxyl groups is 1. The molecule has 84 valence electrons. The number of benzene rings is 1. The SMILES string of the molecule is Cc1cc(C)c(C(O)C(C)(C)C)cc1C. The van der Waals surface area contributed by atoms with Crippen molar-refractivity contribution in [2.24, 2.45) is 5.41 Å². The van der Waals surface area contributed by atoms with Gasteiger partial charge in [-0.2, -0.15) is 0 Å². The molecule has 1 unspecified atom stereocenters. The summed E-state index contributed by atoms with van der Waals surface area (Å²) in [6, 6.07) is 4.26. The molecule has 0 aromatic heterocycles. The summed E-state index contributed by atoms with van der Waals surface area (Å²) < 4.78 is 0. The van der Waals surface area contributed by atoms with E-state index in [1.807, 2.05) is 0 Å². The van der Waals surface area contributed by atoms with Crippen molar-refractivity contribution in [1.82, 2.24) is 0 Å². The van der Waals surface area contributed by atoms with E-state index in [0.29, 0.717) is 0 Å². The normalized spacial score (nSPS) is 14.1. The summed E-state index contributed by atoms with van der Waals surface area (Å²) >= 11 is 0. The van der Waals surface area contributed by atoms with Gasteiger partial charge in [0.15, 0.2) is 0 Å². The van der Waals surface area contributed by atoms with Crippen LogP contribution in [0.2, 0.25) is 0 Å². The summed E-state index contributed by atoms with van der Waals surface area (Å²) in [6.45, 7) is 12.4. The van der Waals surface area contributed by atoms with Gasteiger partial charge in [-0.1, -0.05) is 32.9 Å². The molecule has 0 saturated heterocycles. The van der Waals surface area contributed by atoms with Gasteiger partial charge in [-0.05, 0) is 48.4 Å². The number of hydrogen-bond donors (Lipinski definition) is 1. The minimum absolute atomic E-state index is 0.105. The second kappa shape index (κ2) is 3.97. The number of hydrogen-bond acceptors (Lipinski definition) is 1. The lowest BCUT2D eigenvalue weighted by molar-refractivity contribution is 0.0621. The second-order valence-corrected chi connectivity index (χ2v) is 5.56. The average molecular weight is 206 g/mol. The van der Waals surface area contributed by atoms with Crippen molar-refractivity contribution in [3.63, 3.8) is 0 Å². The zero-order valence-corrected chi connectivity index (χ0v) is 10.7. The van der Waals surface area contributed by atoms with Crippen LogP contribution in [-0.2, 0) is 0 Å². The molecular weight excluding hydrogens is 184 g/mol. The first kappa shape index (κ1) is 12.3. The van der Waals surface area contributed by atoms with Crippen LogP contribution >= 0.6 is 0 Å². The third-order valence-electron chi connectivity index (χ3n) is 3.00. The van der Waals surface area contributed by atoms with Crippen LogP contribution in [0.25, 0.3) is 0 Å². The van der Waals surface area contributed by atoms with Crippen LogP contribution in [0.15, 0.2) is 12.1 Å². The maximum absolute atomic E-state index is 10.3. The lowest BCUT2D eigenvalue weighted by Gasteiger charge is -2.28. The van der Waals surface area contributed by atoms with Crippen molar-refractivity contribution in [1.29, 1.82) is 0 Å². The van der Waals surface area contributed by atoms with E-state index in [0.717, 1.165) is 5.56 Å². The predicted molar refractivity (Wildman–Crippen MR) is 65.1 cm³/mol. The van der Waals surface area contributed by atoms with Crippen molar-refractivity contribution in [3.05, 3.63) is 34.4 Å². The molecule has 1 aromatic carbocycles. The third-order valence-corrected chi connectivity index (χ3v) is 3.00. The van der Waals surface area contributed by atoms with E-state index < -0.39 is 6.10 Å². The molecular formula is C14H22O. The Balaban J connectivity index is 3.21. The molecule has 1 rings (SSSR count). The minimum Gasteiger partial charge on any atom is -0.388 e. The summed E-state index contributed by atoms with van der Waals surface area (Å²) in [7, 11) is 0. The summed E-state index contributed by atoms with van der Waals surface area (Å²) in [6.07, 6.45) is -0.392. The Morgan fingerprint density at radius 1 is 0.933 bits per heavy atom. The maximum atomic E-state index is 10.3. The molecule has 1 heteroatoms. The van der Waals surface area contributed by atoms with Crippen molar-refractivity contribution in [2.45, 2.75) is 47.6 Å². The van der Waals surface area contributed by atoms with Crippen LogP contribution in [0.5, 0.6) is 0 Å². The van der Waals surface area contributed by atoms with E-state index in [9.17, 15) is 5.11 Å². The molecule has 0 aliphatic carbocycles. The van der Waals surface area contributed by atoms with Crippen molar-refractivity contribution in [3.8, 4) is 0 Å². The van der Waals surface area contributed by atoms with Crippen LogP contribution in [0.1, 0.15) is 49.1 Å². The van der Waals surface area contributed by atoms with Gasteiger partial charge >= 0.3 is 0 Å². The van der Waals surface area contributed by atoms with Crippen LogP contribution in [-0.4, -0.2) is 5.11 Å². The van der Waals surface area contributed by atoms with Crippen LogP contribution in [0, 0.1) is 26.2 Å². The summed E-state index contributed by atoms with van der Waals surface area (Å²) in [5, 5.41) is 10.3. The van der Waals surface area contributed by atoms with Gasteiger partial charge in [0.1, 0.15) is 0 Å². The van der Waals surface area contributed by atoms with E-state index >= 15 is 0 Å². The zero-order chi connectivity index (χ0) is 11.8. The highest BCUT2D eigenvalue weighted by atomic mass is 16.3. The molecule has 0 amide bonds. The Labute approximate surface area is 93.1 Å². The fourth-order valence-electron chi connectivity index (χ4n) is 1.74. The van der Waals surface area contributed by atoms with Gasteiger partial charge in [-0.15, -0.1) is 0 Å². The Kier molecular flexibility index (Phi) is 3.25. The van der Waals surface area contributed by atoms with Crippen molar-refractivity contribution >= 4 is 0 Å². The molecule has 0 bridgehead atoms. The molecule has 15 heavy (non-hydrogen) atoms. The lowest BCUT2D eigenvalue weighted by Crippen LogP contribution is -2.19. The van der Waals surface area contributed by atoms with Crippen LogP contribution in [0.4, 0.5) is 0 Å². The number of rotatable bonds is 1. The van der Waals surface area contributed by atoms with Crippen molar-refractivity contribution < 1.29 is 5.11 Å². The molecule has 1 N–H and O–H groups in total. The molecule has 0 fully saturated rings. The fourth-order valence-corrected chi connectivity index (χ4v) is 1.74. The van der Waals surface area contributed by atoms with Gasteiger partial charge < -0.3 is 5.11 Å². The molecule has 1 atom stereocenters. The Hall–Kier alpha value is -0.820. The van der Waals surface area contributed by atoms with Gasteiger partial charge in [0, 0.05) is 0 Å². The summed E-state index contributed by atoms with van der Waals surface area (Å²) in [5.41, 5.74) is 4.68. The molecule has 0 aliphatic rings. The highest BCUT2D eigenvalue weighted by Crippen LogP contribution is 2.34. The Morgan fingerprint density at radius 3 is 1.87 bits per heavy atom. The minimum atomic E-state index is -0.392. The lowest BCUT2D eigenvalue weighted by atomic mass is 9.82. The Morgan fingerprint density at radius 2 is 1.40 bits per heavy atom. The summed E-state index contributed by atoms with van der Waals surface area (Å²) in [5.74, 6) is 0. The predicted octanol–water partition coefficient (Wildman–Crippen LogP) is 3.69. The molecule has 1 nitrogen and oxygen atoms in total. The van der Waals surface area contributed by atoms with Gasteiger partial charge in [0.2, 0.25) is 0 Å². The molecule has 1 aromatic rings. The highest BCUT2D eigenvalue weighted by molar-refractivity contribution is 5.38. The van der Waals surface area contributed by atoms with Crippen molar-refractivity contribution in [2.75, 3.05) is 0 Å². The second-order valence-electron chi connectivity index (χ2n) is 5.56. The molecule has 0 saturated carbocycles. The first-order chi connectivity index (χ1) is 6.73. The number of aryl methyl sites for hydroxylation is 3. The summed E-state index contributed by atoms with van der Waals surface area (Å²) in [4.78, 5) is 0.